The molecule has 0 atom stereocenters. The highest BCUT2D eigenvalue weighted by Crippen LogP contribution is 2.32. The Morgan fingerprint density at radius 2 is 1.50 bits per heavy atom. The molecule has 0 amide bonds. The van der Waals surface area contributed by atoms with Crippen molar-refractivity contribution in [2.45, 2.75) is 33.3 Å². The first-order valence-corrected chi connectivity index (χ1v) is 8.32. The first-order chi connectivity index (χ1) is 11.4. The average Bonchev–Trinajstić information content (AvgIpc) is 2.55. The van der Waals surface area contributed by atoms with Crippen LogP contribution in [0.25, 0.3) is 21.9 Å². The Morgan fingerprint density at radius 1 is 0.875 bits per heavy atom. The van der Waals surface area contributed by atoms with Crippen LogP contribution in [0.1, 0.15) is 26.3 Å². The van der Waals surface area contributed by atoms with Crippen LogP contribution in [0.2, 0.25) is 0 Å². The highest BCUT2D eigenvalue weighted by molar-refractivity contribution is 5.98. The summed E-state index contributed by atoms with van der Waals surface area (Å²) >= 11 is 0. The summed E-state index contributed by atoms with van der Waals surface area (Å²) in [7, 11) is 0. The van der Waals surface area contributed by atoms with Crippen LogP contribution in [-0.2, 0) is 0 Å². The summed E-state index contributed by atoms with van der Waals surface area (Å²) in [6.45, 7) is 12.2. The maximum absolute atomic E-state index is 6.06. The van der Waals surface area contributed by atoms with Crippen molar-refractivity contribution >= 4 is 10.8 Å². The Balaban J connectivity index is 1.98. The van der Waals surface area contributed by atoms with E-state index >= 15 is 0 Å². The van der Waals surface area contributed by atoms with Gasteiger partial charge in [0.25, 0.3) is 0 Å². The van der Waals surface area contributed by atoms with E-state index in [1.54, 1.807) is 0 Å². The van der Waals surface area contributed by atoms with Crippen molar-refractivity contribution in [1.82, 2.24) is 0 Å². The molecular weight excluding hydrogens is 292 g/mol. The maximum Gasteiger partial charge on any atom is 0.124 e. The second kappa shape index (κ2) is 6.16. The average molecular weight is 316 g/mol. The van der Waals surface area contributed by atoms with Gasteiger partial charge in [-0.15, -0.1) is 0 Å². The minimum Gasteiger partial charge on any atom is -0.484 e. The summed E-state index contributed by atoms with van der Waals surface area (Å²) < 4.78 is 6.06. The monoisotopic (exact) mass is 316 g/mol. The van der Waals surface area contributed by atoms with Crippen LogP contribution >= 0.6 is 0 Å². The highest BCUT2D eigenvalue weighted by Gasteiger charge is 2.20. The molecule has 0 unspecified atom stereocenters. The number of rotatable bonds is 4. The van der Waals surface area contributed by atoms with E-state index in [-0.39, 0.29) is 5.60 Å². The van der Waals surface area contributed by atoms with E-state index in [1.165, 1.54) is 27.5 Å². The Morgan fingerprint density at radius 3 is 2.17 bits per heavy atom. The summed E-state index contributed by atoms with van der Waals surface area (Å²) in [4.78, 5) is 0. The second-order valence-electron chi connectivity index (χ2n) is 6.89. The standard InChI is InChI=1S/C23H24O/c1-16(2)23(4,5)24-19-14-12-18(13-15-19)21-10-7-9-20-17(3)8-6-11-22(20)21/h6-15H,1H2,2-5H3. The smallest absolute Gasteiger partial charge is 0.124 e. The normalized spacial score (nSPS) is 11.5. The number of benzene rings is 3. The maximum atomic E-state index is 6.06. The first kappa shape index (κ1) is 16.3. The molecule has 24 heavy (non-hydrogen) atoms. The van der Waals surface area contributed by atoms with Crippen molar-refractivity contribution in [1.29, 1.82) is 0 Å². The molecule has 0 aromatic heterocycles. The molecule has 0 bridgehead atoms. The minimum atomic E-state index is -0.363. The van der Waals surface area contributed by atoms with Gasteiger partial charge in [-0.25, -0.2) is 0 Å². The van der Waals surface area contributed by atoms with Crippen LogP contribution in [-0.4, -0.2) is 5.60 Å². The van der Waals surface area contributed by atoms with Crippen LogP contribution in [0.15, 0.2) is 72.8 Å². The number of hydrogen-bond donors (Lipinski definition) is 0. The Hall–Kier alpha value is -2.54. The van der Waals surface area contributed by atoms with Gasteiger partial charge in [0.15, 0.2) is 0 Å². The molecule has 0 saturated carbocycles. The lowest BCUT2D eigenvalue weighted by Gasteiger charge is -2.27. The van der Waals surface area contributed by atoms with E-state index in [1.807, 2.05) is 32.9 Å². The third-order valence-corrected chi connectivity index (χ3v) is 4.71. The van der Waals surface area contributed by atoms with E-state index in [9.17, 15) is 0 Å². The first-order valence-electron chi connectivity index (χ1n) is 8.32. The van der Waals surface area contributed by atoms with Gasteiger partial charge in [-0.05, 0) is 72.9 Å². The van der Waals surface area contributed by atoms with Crippen LogP contribution in [0, 0.1) is 6.92 Å². The molecule has 0 aliphatic heterocycles. The molecule has 0 spiro atoms. The molecule has 0 radical (unpaired) electrons. The largest absolute Gasteiger partial charge is 0.484 e. The lowest BCUT2D eigenvalue weighted by molar-refractivity contribution is 0.149. The third kappa shape index (κ3) is 3.07. The second-order valence-corrected chi connectivity index (χ2v) is 6.89. The van der Waals surface area contributed by atoms with Gasteiger partial charge in [-0.1, -0.05) is 55.1 Å². The van der Waals surface area contributed by atoms with Crippen molar-refractivity contribution in [2.75, 3.05) is 0 Å². The van der Waals surface area contributed by atoms with Crippen molar-refractivity contribution in [3.8, 4) is 16.9 Å². The predicted octanol–water partition coefficient (Wildman–Crippen LogP) is 6.55. The van der Waals surface area contributed by atoms with E-state index in [0.717, 1.165) is 11.3 Å². The Bertz CT molecular complexity index is 886. The molecule has 1 heteroatoms. The van der Waals surface area contributed by atoms with Gasteiger partial charge in [0.1, 0.15) is 11.4 Å². The van der Waals surface area contributed by atoms with Crippen molar-refractivity contribution < 1.29 is 4.74 Å². The van der Waals surface area contributed by atoms with Gasteiger partial charge in [0.05, 0.1) is 0 Å². The molecular formula is C23H24O. The van der Waals surface area contributed by atoms with Gasteiger partial charge in [0, 0.05) is 0 Å². The number of fused-ring (bicyclic) bond motifs is 1. The zero-order chi connectivity index (χ0) is 17.3. The molecule has 0 heterocycles. The van der Waals surface area contributed by atoms with Gasteiger partial charge in [-0.3, -0.25) is 0 Å². The number of hydrogen-bond acceptors (Lipinski definition) is 1. The minimum absolute atomic E-state index is 0.363. The summed E-state index contributed by atoms with van der Waals surface area (Å²) in [5.41, 5.74) is 4.40. The Labute approximate surface area is 144 Å². The molecule has 0 aliphatic rings. The lowest BCUT2D eigenvalue weighted by atomic mass is 9.96. The number of aryl methyl sites for hydroxylation is 1. The Kier molecular flexibility index (Phi) is 4.19. The molecule has 3 aromatic rings. The number of ether oxygens (including phenoxy) is 1. The molecule has 0 aliphatic carbocycles. The summed E-state index contributed by atoms with van der Waals surface area (Å²) in [5.74, 6) is 0.864. The quantitative estimate of drug-likeness (QED) is 0.496. The topological polar surface area (TPSA) is 9.23 Å². The van der Waals surface area contributed by atoms with Gasteiger partial charge in [0.2, 0.25) is 0 Å². The van der Waals surface area contributed by atoms with Gasteiger partial charge >= 0.3 is 0 Å². The molecule has 0 N–H and O–H groups in total. The van der Waals surface area contributed by atoms with E-state index in [0.29, 0.717) is 0 Å². The third-order valence-electron chi connectivity index (χ3n) is 4.71. The van der Waals surface area contributed by atoms with Crippen molar-refractivity contribution in [2.24, 2.45) is 0 Å². The fourth-order valence-electron chi connectivity index (χ4n) is 2.80. The summed E-state index contributed by atoms with van der Waals surface area (Å²) in [5, 5.41) is 2.59. The molecule has 122 valence electrons. The zero-order valence-corrected chi connectivity index (χ0v) is 14.9. The van der Waals surface area contributed by atoms with Gasteiger partial charge < -0.3 is 4.74 Å². The summed E-state index contributed by atoms with van der Waals surface area (Å²) in [6.07, 6.45) is 0. The van der Waals surface area contributed by atoms with Gasteiger partial charge in [-0.2, -0.15) is 0 Å². The van der Waals surface area contributed by atoms with E-state index in [2.05, 4.69) is 62.0 Å². The molecule has 1 nitrogen and oxygen atoms in total. The van der Waals surface area contributed by atoms with Crippen LogP contribution < -0.4 is 4.74 Å². The fraction of sp³-hybridized carbons (Fsp3) is 0.217. The van der Waals surface area contributed by atoms with E-state index in [4.69, 9.17) is 4.74 Å². The zero-order valence-electron chi connectivity index (χ0n) is 14.9. The molecule has 0 fully saturated rings. The van der Waals surface area contributed by atoms with Crippen molar-refractivity contribution in [3.63, 3.8) is 0 Å². The highest BCUT2D eigenvalue weighted by atomic mass is 16.5. The van der Waals surface area contributed by atoms with Crippen molar-refractivity contribution in [3.05, 3.63) is 78.4 Å². The molecule has 3 aromatic carbocycles. The predicted molar refractivity (Wildman–Crippen MR) is 104 cm³/mol. The lowest BCUT2D eigenvalue weighted by Crippen LogP contribution is -2.28. The van der Waals surface area contributed by atoms with Crippen LogP contribution in [0.5, 0.6) is 5.75 Å². The van der Waals surface area contributed by atoms with E-state index < -0.39 is 0 Å². The summed E-state index contributed by atoms with van der Waals surface area (Å²) in [6, 6.07) is 21.3. The SMILES string of the molecule is C=C(C)C(C)(C)Oc1ccc(-c2cccc3c(C)cccc23)cc1. The fourth-order valence-corrected chi connectivity index (χ4v) is 2.80. The molecule has 3 rings (SSSR count). The molecule has 0 saturated heterocycles. The van der Waals surface area contributed by atoms with Crippen LogP contribution in [0.3, 0.4) is 0 Å². The van der Waals surface area contributed by atoms with Crippen LogP contribution in [0.4, 0.5) is 0 Å².